The fourth-order valence-electron chi connectivity index (χ4n) is 15.8. The lowest BCUT2D eigenvalue weighted by Crippen LogP contribution is -2.60. The Morgan fingerprint density at radius 2 is 1.36 bits per heavy atom. The lowest BCUT2D eigenvalue weighted by atomic mass is 9.56. The molecule has 16 atom stereocenters. The summed E-state index contributed by atoms with van der Waals surface area (Å²) in [5, 5.41) is 32.2. The minimum atomic E-state index is -5.06. The fraction of sp³-hybridized carbons (Fsp3) is 0.645. The number of imidazole rings is 1. The van der Waals surface area contributed by atoms with Crippen molar-refractivity contribution < 1.29 is 67.0 Å². The van der Waals surface area contributed by atoms with Crippen LogP contribution < -0.4 is 50.4 Å². The van der Waals surface area contributed by atoms with Crippen molar-refractivity contribution in [3.05, 3.63) is 63.9 Å². The van der Waals surface area contributed by atoms with Crippen LogP contribution in [0.5, 0.6) is 0 Å². The molecule has 0 aliphatic carbocycles. The van der Waals surface area contributed by atoms with Gasteiger partial charge in [0.15, 0.2) is 6.23 Å². The van der Waals surface area contributed by atoms with Crippen molar-refractivity contribution in [1.29, 1.82) is 0 Å². The Hall–Kier alpha value is -6.87. The number of amides is 7. The molecule has 7 amide bonds. The SMILES string of the molecule is CC1=C2N/C(=C\C3N=C(C(C)=C4N[C@@](C)(C5N=C1[C@](C)(CCC(=O)NCC(C)OP(=O)(O)O[C@H]1[C@@H](O)[C@@H](n6cnc7cc(C)c(C)cc76)O[C@@H]1CO)[C@H]5CC(N)=O)[C@@](C)(CC(N)=O)[C@@H]4CCC(N)=O)[C@@](C)(CC(N)=O)[C@@H]3CCC(N)=O)C(C)(C)[C@@H]2CCC(N)=O. The molecule has 4 unspecified atom stereocenters. The second kappa shape index (κ2) is 25.7. The molecule has 6 aliphatic heterocycles. The molecule has 0 radical (unpaired) electrons. The van der Waals surface area contributed by atoms with Crippen molar-refractivity contribution in [3.63, 3.8) is 0 Å². The number of nitrogens with two attached hydrogens (primary N) is 6. The van der Waals surface area contributed by atoms with E-state index < -0.39 is 149 Å². The first kappa shape index (κ1) is 69.0. The number of aryl methyl sites for hydroxylation is 2. The maximum absolute atomic E-state index is 14.4. The standard InChI is InChI=1S/C62H92N13O14P/c1-29-20-39-40(21-30(29)2)75(28-70-39)57-52(84)53(41(27-76)87-57)89-90(85,86)88-31(3)26-69-49(83)18-19-59(8)37(22-46(66)80)56-62(11)61(10,25-48(68)82)36(14-17-45(65)79)51(74-62)33(5)55-60(9,24-47(67)81)34(12-15-43(63)77)38(71-55)23-42-58(6,7)35(13-16-44(64)78)50(72-42)32(4)54(59)73-56/h20-21,23,28,31,34-38,41,52-53,56-57,72,74,76,84H,12-19,22,24-27H2,1-11H3,(H2,63,77)(H2,64,78)(H2,65,79)(H2,66,80)(H2,67,81)(H2,68,82)(H,69,83)(H,85,86)/b42-23-,50-32?,51-33?/t31?,34-,35-,36-,37+,38?,41-,52-,53-,56?,57+,59-,60+,61+,62+/m1/s1. The van der Waals surface area contributed by atoms with Gasteiger partial charge in [0.2, 0.25) is 41.4 Å². The highest BCUT2D eigenvalue weighted by Gasteiger charge is 2.67. The number of benzene rings is 1. The fourth-order valence-corrected chi connectivity index (χ4v) is 17.0. The van der Waals surface area contributed by atoms with E-state index >= 15 is 0 Å². The molecule has 0 saturated carbocycles. The number of carbonyl (C=O) groups is 7. The van der Waals surface area contributed by atoms with E-state index in [9.17, 15) is 53.2 Å². The lowest BCUT2D eigenvalue weighted by molar-refractivity contribution is -0.124. The van der Waals surface area contributed by atoms with Gasteiger partial charge in [-0.25, -0.2) is 9.55 Å². The predicted octanol–water partition coefficient (Wildman–Crippen LogP) is 2.68. The predicted molar refractivity (Wildman–Crippen MR) is 333 cm³/mol. The first-order valence-electron chi connectivity index (χ1n) is 30.7. The third-order valence-corrected chi connectivity index (χ3v) is 22.1. The molecule has 27 nitrogen and oxygen atoms in total. The van der Waals surface area contributed by atoms with Crippen molar-refractivity contribution >= 4 is 71.6 Å². The zero-order valence-corrected chi connectivity index (χ0v) is 54.3. The van der Waals surface area contributed by atoms with Gasteiger partial charge in [-0.3, -0.25) is 52.6 Å². The monoisotopic (exact) mass is 1270 g/mol. The number of fused-ring (bicyclic) bond motifs is 8. The van der Waals surface area contributed by atoms with Gasteiger partial charge in [-0.05, 0) is 114 Å². The van der Waals surface area contributed by atoms with E-state index in [1.165, 1.54) is 13.3 Å². The van der Waals surface area contributed by atoms with Crippen molar-refractivity contribution in [2.75, 3.05) is 13.2 Å². The summed E-state index contributed by atoms with van der Waals surface area (Å²) in [6.07, 6.45) is -3.86. The van der Waals surface area contributed by atoms with Gasteiger partial charge < -0.3 is 74.8 Å². The average molecular weight is 1270 g/mol. The number of carbonyl (C=O) groups excluding carboxylic acids is 7. The Morgan fingerprint density at radius 1 is 0.767 bits per heavy atom. The number of phosphoric ester groups is 1. The number of hydrogen-bond donors (Lipinski definition) is 12. The Labute approximate surface area is 524 Å². The van der Waals surface area contributed by atoms with Gasteiger partial charge in [-0.1, -0.05) is 34.6 Å². The van der Waals surface area contributed by atoms with Crippen LogP contribution >= 0.6 is 7.82 Å². The Bertz CT molecular complexity index is 3470. The highest BCUT2D eigenvalue weighted by Crippen LogP contribution is 2.62. The number of aliphatic hydroxyl groups is 2. The van der Waals surface area contributed by atoms with Crippen LogP contribution in [-0.4, -0.2) is 133 Å². The maximum Gasteiger partial charge on any atom is 0.472 e. The summed E-state index contributed by atoms with van der Waals surface area (Å²) < 4.78 is 32.3. The summed E-state index contributed by atoms with van der Waals surface area (Å²) in [5.74, 6) is -6.85. The normalized spacial score (nSPS) is 33.4. The van der Waals surface area contributed by atoms with E-state index in [1.54, 1.807) is 4.57 Å². The summed E-state index contributed by atoms with van der Waals surface area (Å²) in [6.45, 7) is 19.5. The summed E-state index contributed by atoms with van der Waals surface area (Å²) in [4.78, 5) is 120. The highest BCUT2D eigenvalue weighted by molar-refractivity contribution is 7.47. The molecule has 3 saturated heterocycles. The molecule has 3 fully saturated rings. The van der Waals surface area contributed by atoms with E-state index in [2.05, 4.69) is 20.9 Å². The van der Waals surface area contributed by atoms with E-state index in [1.807, 2.05) is 87.4 Å². The van der Waals surface area contributed by atoms with Gasteiger partial charge in [-0.15, -0.1) is 0 Å². The molecule has 0 spiro atoms. The molecule has 18 N–H and O–H groups in total. The number of nitrogens with one attached hydrogen (secondary N) is 3. The van der Waals surface area contributed by atoms with Gasteiger partial charge in [0.1, 0.15) is 18.3 Å². The van der Waals surface area contributed by atoms with Crippen LogP contribution in [0.1, 0.15) is 150 Å². The number of allylic oxidation sites excluding steroid dienone is 5. The molecule has 7 heterocycles. The van der Waals surface area contributed by atoms with Crippen molar-refractivity contribution in [2.24, 2.45) is 89.7 Å². The summed E-state index contributed by atoms with van der Waals surface area (Å²) in [7, 11) is -5.06. The van der Waals surface area contributed by atoms with E-state index in [0.29, 0.717) is 50.7 Å². The van der Waals surface area contributed by atoms with Crippen LogP contribution in [0.2, 0.25) is 0 Å². The molecule has 1 aromatic heterocycles. The zero-order valence-electron chi connectivity index (χ0n) is 53.4. The number of phosphoric acid groups is 1. The molecule has 28 heteroatoms. The molecule has 1 aromatic carbocycles. The van der Waals surface area contributed by atoms with Crippen LogP contribution in [0.3, 0.4) is 0 Å². The number of ether oxygens (including phenoxy) is 1. The van der Waals surface area contributed by atoms with Crippen LogP contribution in [0, 0.1) is 59.2 Å². The summed E-state index contributed by atoms with van der Waals surface area (Å²) in [6, 6.07) is 2.06. The lowest BCUT2D eigenvalue weighted by Gasteiger charge is -2.48. The first-order chi connectivity index (χ1) is 41.8. The third kappa shape index (κ3) is 13.0. The van der Waals surface area contributed by atoms with Crippen molar-refractivity contribution in [2.45, 2.75) is 195 Å². The largest absolute Gasteiger partial charge is 0.472 e. The zero-order chi connectivity index (χ0) is 66.7. The molecular weight excluding hydrogens is 1180 g/mol. The summed E-state index contributed by atoms with van der Waals surface area (Å²) >= 11 is 0. The second-order valence-corrected chi connectivity index (χ2v) is 28.7. The third-order valence-electron chi connectivity index (χ3n) is 20.9. The number of nitrogens with zero attached hydrogens (tertiary/aromatic N) is 4. The molecule has 8 rings (SSSR count). The average Bonchev–Trinajstić information content (AvgIpc) is 1.53. The molecule has 494 valence electrons. The van der Waals surface area contributed by atoms with Gasteiger partial charge in [0.25, 0.3) is 0 Å². The number of hydrogen-bond acceptors (Lipinski definition) is 18. The van der Waals surface area contributed by atoms with Crippen molar-refractivity contribution in [3.8, 4) is 0 Å². The number of aromatic nitrogens is 2. The molecule has 8 bridgehead atoms. The smallest absolute Gasteiger partial charge is 0.394 e. The molecule has 90 heavy (non-hydrogen) atoms. The minimum Gasteiger partial charge on any atom is -0.394 e. The van der Waals surface area contributed by atoms with Gasteiger partial charge >= 0.3 is 7.82 Å². The van der Waals surface area contributed by atoms with E-state index in [-0.39, 0.29) is 77.2 Å². The Morgan fingerprint density at radius 3 is 1.96 bits per heavy atom. The van der Waals surface area contributed by atoms with Crippen LogP contribution in [0.4, 0.5) is 0 Å². The molecule has 6 aliphatic rings. The minimum absolute atomic E-state index is 0.0155. The number of aliphatic hydroxyl groups excluding tert-OH is 2. The topological polar surface area (TPSA) is 460 Å². The maximum atomic E-state index is 14.4. The number of primary amides is 6. The van der Waals surface area contributed by atoms with Crippen LogP contribution in [0.25, 0.3) is 11.0 Å². The Kier molecular flexibility index (Phi) is 19.7. The molecule has 2 aromatic rings. The van der Waals surface area contributed by atoms with Crippen molar-refractivity contribution in [1.82, 2.24) is 25.5 Å². The number of rotatable bonds is 26. The van der Waals surface area contributed by atoms with Gasteiger partial charge in [0.05, 0.1) is 47.7 Å². The number of aliphatic imine (C=N–C) groups is 2. The van der Waals surface area contributed by atoms with Gasteiger partial charge in [-0.2, -0.15) is 0 Å². The van der Waals surface area contributed by atoms with E-state index in [4.69, 9.17) is 58.2 Å². The van der Waals surface area contributed by atoms with Crippen LogP contribution in [0.15, 0.2) is 62.8 Å². The Balaban J connectivity index is 1.18. The van der Waals surface area contributed by atoms with Crippen LogP contribution in [-0.2, 0) is 51.9 Å². The highest BCUT2D eigenvalue weighted by atomic mass is 31.2. The quantitative estimate of drug-likeness (QED) is 0.0602. The van der Waals surface area contributed by atoms with Gasteiger partial charge in [0, 0.05) is 119 Å². The summed E-state index contributed by atoms with van der Waals surface area (Å²) in [5.41, 5.74) is 37.7. The van der Waals surface area contributed by atoms with E-state index in [0.717, 1.165) is 11.1 Å². The molecular formula is C62H92N13O14P. The first-order valence-corrected chi connectivity index (χ1v) is 32.2. The second-order valence-electron chi connectivity index (χ2n) is 27.3.